The molecule has 1 aliphatic rings. The van der Waals surface area contributed by atoms with E-state index in [4.69, 9.17) is 5.11 Å². The van der Waals surface area contributed by atoms with Gasteiger partial charge in [0.25, 0.3) is 5.56 Å². The van der Waals surface area contributed by atoms with E-state index in [0.29, 0.717) is 11.2 Å². The molecule has 1 N–H and O–H groups in total. The minimum Gasteiger partial charge on any atom is -0.481 e. The summed E-state index contributed by atoms with van der Waals surface area (Å²) in [5.74, 6) is -0.991. The number of hydrogen-bond acceptors (Lipinski definition) is 5. The molecule has 0 bridgehead atoms. The Kier molecular flexibility index (Phi) is 4.82. The lowest BCUT2D eigenvalue weighted by molar-refractivity contribution is -0.133. The lowest BCUT2D eigenvalue weighted by Gasteiger charge is -2.36. The highest BCUT2D eigenvalue weighted by atomic mass is 32.2. The summed E-state index contributed by atoms with van der Waals surface area (Å²) in [5.41, 5.74) is -0.324. The molecular formula is C13H19N3O3S. The van der Waals surface area contributed by atoms with Crippen molar-refractivity contribution >= 4 is 17.7 Å². The summed E-state index contributed by atoms with van der Waals surface area (Å²) in [4.78, 5) is 28.4. The van der Waals surface area contributed by atoms with Crippen molar-refractivity contribution in [1.82, 2.24) is 14.5 Å². The lowest BCUT2D eigenvalue weighted by Crippen LogP contribution is -2.39. The Morgan fingerprint density at radius 1 is 1.60 bits per heavy atom. The van der Waals surface area contributed by atoms with Crippen molar-refractivity contribution < 1.29 is 9.90 Å². The topological polar surface area (TPSA) is 75.4 Å². The van der Waals surface area contributed by atoms with Gasteiger partial charge in [0.1, 0.15) is 0 Å². The van der Waals surface area contributed by atoms with E-state index in [1.807, 2.05) is 4.57 Å². The van der Waals surface area contributed by atoms with Crippen LogP contribution < -0.4 is 5.56 Å². The summed E-state index contributed by atoms with van der Waals surface area (Å²) < 4.78 is 1.96. The Balaban J connectivity index is 2.22. The van der Waals surface area contributed by atoms with Crippen LogP contribution in [0.3, 0.4) is 0 Å². The predicted octanol–water partition coefficient (Wildman–Crippen LogP) is 1.08. The number of aromatic nitrogens is 2. The largest absolute Gasteiger partial charge is 0.481 e. The van der Waals surface area contributed by atoms with E-state index < -0.39 is 5.97 Å². The van der Waals surface area contributed by atoms with Gasteiger partial charge >= 0.3 is 5.97 Å². The smallest absolute Gasteiger partial charge is 0.313 e. The Hall–Kier alpha value is -1.34. The number of likely N-dealkylation sites (tertiary alicyclic amines) is 1. The summed E-state index contributed by atoms with van der Waals surface area (Å²) in [7, 11) is 2.10. The average Bonchev–Trinajstić information content (AvgIpc) is 2.40. The molecule has 2 rings (SSSR count). The maximum absolute atomic E-state index is 11.4. The summed E-state index contributed by atoms with van der Waals surface area (Å²) in [6, 6.07) is 2.17. The van der Waals surface area contributed by atoms with Crippen LogP contribution in [0, 0.1) is 0 Å². The van der Waals surface area contributed by atoms with Crippen LogP contribution >= 0.6 is 11.8 Å². The zero-order chi connectivity index (χ0) is 14.7. The minimum absolute atomic E-state index is 0.0847. The number of thioether (sulfide) groups is 1. The molecule has 1 aliphatic heterocycles. The Bertz CT molecular complexity index is 546. The number of rotatable bonds is 4. The molecule has 20 heavy (non-hydrogen) atoms. The number of aliphatic carboxylic acids is 1. The molecule has 2 atom stereocenters. The van der Waals surface area contributed by atoms with Gasteiger partial charge in [0.05, 0.1) is 5.75 Å². The molecule has 2 unspecified atom stereocenters. The Morgan fingerprint density at radius 2 is 2.35 bits per heavy atom. The third kappa shape index (κ3) is 3.61. The summed E-state index contributed by atoms with van der Waals surface area (Å²) in [6.07, 6.45) is 3.69. The van der Waals surface area contributed by atoms with Gasteiger partial charge in [-0.1, -0.05) is 11.8 Å². The van der Waals surface area contributed by atoms with E-state index >= 15 is 0 Å². The van der Waals surface area contributed by atoms with Crippen LogP contribution in [0.25, 0.3) is 0 Å². The number of hydrogen-bond donors (Lipinski definition) is 1. The third-order valence-electron chi connectivity index (χ3n) is 3.70. The van der Waals surface area contributed by atoms with E-state index in [-0.39, 0.29) is 17.4 Å². The zero-order valence-corrected chi connectivity index (χ0v) is 12.5. The fourth-order valence-electron chi connectivity index (χ4n) is 2.43. The predicted molar refractivity (Wildman–Crippen MR) is 77.2 cm³/mol. The first kappa shape index (κ1) is 15.1. The van der Waals surface area contributed by atoms with Gasteiger partial charge in [-0.25, -0.2) is 0 Å². The van der Waals surface area contributed by atoms with Crippen LogP contribution in [-0.2, 0) is 4.79 Å². The molecule has 1 fully saturated rings. The Labute approximate surface area is 121 Å². The molecule has 0 radical (unpaired) electrons. The highest BCUT2D eigenvalue weighted by Gasteiger charge is 2.25. The number of carboxylic acid groups (broad SMARTS) is 1. The SMILES string of the molecule is CC1CC(n2ccc(=O)nc2SCC(=O)O)CCN1C. The second-order valence-electron chi connectivity index (χ2n) is 5.15. The van der Waals surface area contributed by atoms with Crippen molar-refractivity contribution in [2.24, 2.45) is 0 Å². The first-order chi connectivity index (χ1) is 9.47. The first-order valence-corrected chi connectivity index (χ1v) is 7.60. The number of piperidine rings is 1. The van der Waals surface area contributed by atoms with E-state index in [0.717, 1.165) is 31.1 Å². The maximum atomic E-state index is 11.4. The van der Waals surface area contributed by atoms with Crippen molar-refractivity contribution in [3.8, 4) is 0 Å². The fraction of sp³-hybridized carbons (Fsp3) is 0.615. The molecule has 6 nitrogen and oxygen atoms in total. The maximum Gasteiger partial charge on any atom is 0.313 e. The fourth-order valence-corrected chi connectivity index (χ4v) is 3.19. The van der Waals surface area contributed by atoms with E-state index in [9.17, 15) is 9.59 Å². The highest BCUT2D eigenvalue weighted by molar-refractivity contribution is 7.99. The van der Waals surface area contributed by atoms with Gasteiger partial charge in [-0.2, -0.15) is 4.98 Å². The quantitative estimate of drug-likeness (QED) is 0.662. The van der Waals surface area contributed by atoms with Gasteiger partial charge in [0.2, 0.25) is 0 Å². The molecular weight excluding hydrogens is 278 g/mol. The Morgan fingerprint density at radius 3 is 3.00 bits per heavy atom. The van der Waals surface area contributed by atoms with Crippen LogP contribution in [0.4, 0.5) is 0 Å². The molecule has 1 aromatic rings. The second kappa shape index (κ2) is 6.41. The van der Waals surface area contributed by atoms with E-state index in [1.54, 1.807) is 6.20 Å². The van der Waals surface area contributed by atoms with Crippen molar-refractivity contribution in [2.75, 3.05) is 19.3 Å². The standard InChI is InChI=1S/C13H19N3O3S/c1-9-7-10(3-5-15(9)2)16-6-4-11(17)14-13(16)20-8-12(18)19/h4,6,9-10H,3,5,7-8H2,1-2H3,(H,18,19). The van der Waals surface area contributed by atoms with Gasteiger partial charge in [0.15, 0.2) is 5.16 Å². The van der Waals surface area contributed by atoms with Crippen LogP contribution in [0.15, 0.2) is 22.2 Å². The van der Waals surface area contributed by atoms with Crippen LogP contribution in [-0.4, -0.2) is 50.9 Å². The molecule has 0 aliphatic carbocycles. The average molecular weight is 297 g/mol. The monoisotopic (exact) mass is 297 g/mol. The highest BCUT2D eigenvalue weighted by Crippen LogP contribution is 2.29. The number of carboxylic acids is 1. The second-order valence-corrected chi connectivity index (χ2v) is 6.09. The molecule has 0 saturated carbocycles. The van der Waals surface area contributed by atoms with Gasteiger partial charge in [0, 0.05) is 30.9 Å². The molecule has 110 valence electrons. The zero-order valence-electron chi connectivity index (χ0n) is 11.7. The van der Waals surface area contributed by atoms with Crippen LogP contribution in [0.5, 0.6) is 0 Å². The molecule has 0 amide bonds. The van der Waals surface area contributed by atoms with E-state index in [1.165, 1.54) is 6.07 Å². The normalized spacial score (nSPS) is 23.7. The molecule has 0 spiro atoms. The van der Waals surface area contributed by atoms with Gasteiger partial charge in [-0.05, 0) is 26.8 Å². The molecule has 1 aromatic heterocycles. The molecule has 0 aromatic carbocycles. The van der Waals surface area contributed by atoms with Gasteiger partial charge in [-0.3, -0.25) is 9.59 Å². The van der Waals surface area contributed by atoms with Crippen LogP contribution in [0.2, 0.25) is 0 Å². The number of carbonyl (C=O) groups is 1. The first-order valence-electron chi connectivity index (χ1n) is 6.61. The van der Waals surface area contributed by atoms with Crippen molar-refractivity contribution in [3.63, 3.8) is 0 Å². The lowest BCUT2D eigenvalue weighted by atomic mass is 9.99. The van der Waals surface area contributed by atoms with Gasteiger partial charge < -0.3 is 14.6 Å². The number of nitrogens with zero attached hydrogens (tertiary/aromatic N) is 3. The molecule has 1 saturated heterocycles. The molecule has 7 heteroatoms. The minimum atomic E-state index is -0.906. The summed E-state index contributed by atoms with van der Waals surface area (Å²) in [5, 5.41) is 9.28. The van der Waals surface area contributed by atoms with Crippen molar-refractivity contribution in [3.05, 3.63) is 22.6 Å². The van der Waals surface area contributed by atoms with E-state index in [2.05, 4.69) is 23.9 Å². The van der Waals surface area contributed by atoms with Crippen molar-refractivity contribution in [2.45, 2.75) is 37.0 Å². The third-order valence-corrected chi connectivity index (χ3v) is 4.65. The van der Waals surface area contributed by atoms with Gasteiger partial charge in [-0.15, -0.1) is 0 Å². The van der Waals surface area contributed by atoms with Crippen LogP contribution in [0.1, 0.15) is 25.8 Å². The van der Waals surface area contributed by atoms with Crippen molar-refractivity contribution in [1.29, 1.82) is 0 Å². The summed E-state index contributed by atoms with van der Waals surface area (Å²) in [6.45, 7) is 3.16. The summed E-state index contributed by atoms with van der Waals surface area (Å²) >= 11 is 1.10. The molecule has 2 heterocycles.